The lowest BCUT2D eigenvalue weighted by atomic mass is 10.6. The van der Waals surface area contributed by atoms with E-state index in [1.807, 2.05) is 0 Å². The molecule has 2 rings (SSSR count). The monoisotopic (exact) mass is 354 g/mol. The van der Waals surface area contributed by atoms with Crippen LogP contribution in [0.2, 0.25) is 0 Å². The number of rotatable bonds is 3. The summed E-state index contributed by atoms with van der Waals surface area (Å²) in [5, 5.41) is 4.07. The minimum Gasteiger partial charge on any atom is -0.276 e. The van der Waals surface area contributed by atoms with E-state index in [9.17, 15) is 8.78 Å². The molecule has 0 radical (unpaired) electrons. The minimum absolute atomic E-state index is 0.184. The third kappa shape index (κ3) is 2.32. The van der Waals surface area contributed by atoms with E-state index in [2.05, 4.69) is 41.9 Å². The molecule has 8 heteroatoms. The summed E-state index contributed by atoms with van der Waals surface area (Å²) < 4.78 is 28.8. The summed E-state index contributed by atoms with van der Waals surface area (Å²) in [5.74, 6) is 0.256. The molecule has 0 bridgehead atoms. The Kier molecular flexibility index (Phi) is 3.38. The third-order valence-electron chi connectivity index (χ3n) is 1.95. The quantitative estimate of drug-likeness (QED) is 0.848. The lowest BCUT2D eigenvalue weighted by Crippen LogP contribution is -2.10. The van der Waals surface area contributed by atoms with E-state index in [-0.39, 0.29) is 12.4 Å². The molecule has 0 spiro atoms. The Labute approximate surface area is 107 Å². The average Bonchev–Trinajstić information content (AvgIpc) is 2.75. The highest BCUT2D eigenvalue weighted by atomic mass is 79.9. The molecule has 2 aromatic heterocycles. The number of hydrogen-bond acceptors (Lipinski definition) is 2. The van der Waals surface area contributed by atoms with Crippen LogP contribution in [0.5, 0.6) is 0 Å². The zero-order valence-electron chi connectivity index (χ0n) is 7.82. The molecular weight excluding hydrogens is 350 g/mol. The van der Waals surface area contributed by atoms with Gasteiger partial charge in [0.05, 0.1) is 0 Å². The first-order chi connectivity index (χ1) is 7.58. The van der Waals surface area contributed by atoms with Gasteiger partial charge in [0.25, 0.3) is 0 Å². The number of imidazole rings is 1. The van der Waals surface area contributed by atoms with Crippen LogP contribution in [0.25, 0.3) is 0 Å². The number of hydrogen-bond donors (Lipinski definition) is 0. The summed E-state index contributed by atoms with van der Waals surface area (Å²) in [6.07, 6.45) is 2.58. The molecule has 2 aromatic rings. The molecule has 4 nitrogen and oxygen atoms in total. The fourth-order valence-electron chi connectivity index (χ4n) is 1.25. The van der Waals surface area contributed by atoms with Gasteiger partial charge in [-0.2, -0.15) is 13.9 Å². The first-order valence-corrected chi connectivity index (χ1v) is 5.85. The van der Waals surface area contributed by atoms with Crippen LogP contribution in [-0.2, 0) is 6.54 Å². The van der Waals surface area contributed by atoms with E-state index in [1.165, 1.54) is 17.1 Å². The summed E-state index contributed by atoms with van der Waals surface area (Å²) in [6, 6.07) is 1.73. The van der Waals surface area contributed by atoms with Crippen molar-refractivity contribution in [3.05, 3.63) is 33.5 Å². The Morgan fingerprint density at radius 1 is 1.38 bits per heavy atom. The molecule has 0 unspecified atom stereocenters. The van der Waals surface area contributed by atoms with E-state index < -0.39 is 6.55 Å². The zero-order chi connectivity index (χ0) is 11.7. The highest BCUT2D eigenvalue weighted by Gasteiger charge is 2.13. The lowest BCUT2D eigenvalue weighted by Gasteiger charge is -2.06. The van der Waals surface area contributed by atoms with Crippen LogP contribution in [-0.4, -0.2) is 19.3 Å². The van der Waals surface area contributed by atoms with E-state index >= 15 is 0 Å². The molecule has 0 fully saturated rings. The first kappa shape index (κ1) is 11.7. The normalized spacial score (nSPS) is 11.3. The van der Waals surface area contributed by atoms with E-state index in [0.717, 1.165) is 4.57 Å². The van der Waals surface area contributed by atoms with Gasteiger partial charge in [0, 0.05) is 18.5 Å². The summed E-state index contributed by atoms with van der Waals surface area (Å²) in [4.78, 5) is 3.87. The molecule has 0 saturated carbocycles. The van der Waals surface area contributed by atoms with Crippen molar-refractivity contribution in [2.75, 3.05) is 0 Å². The molecule has 0 amide bonds. The molecule has 0 atom stereocenters. The van der Waals surface area contributed by atoms with Crippen LogP contribution in [0.1, 0.15) is 12.4 Å². The molecular formula is C8H6Br2F2N4. The van der Waals surface area contributed by atoms with Gasteiger partial charge >= 0.3 is 6.55 Å². The molecule has 86 valence electrons. The maximum absolute atomic E-state index is 12.5. The van der Waals surface area contributed by atoms with E-state index in [4.69, 9.17) is 0 Å². The van der Waals surface area contributed by atoms with Crippen molar-refractivity contribution >= 4 is 31.9 Å². The van der Waals surface area contributed by atoms with Gasteiger partial charge in [-0.15, -0.1) is 0 Å². The van der Waals surface area contributed by atoms with Crippen LogP contribution in [0.3, 0.4) is 0 Å². The lowest BCUT2D eigenvalue weighted by molar-refractivity contribution is 0.0665. The fraction of sp³-hybridized carbons (Fsp3) is 0.250. The van der Waals surface area contributed by atoms with Crippen molar-refractivity contribution in [1.29, 1.82) is 0 Å². The first-order valence-electron chi connectivity index (χ1n) is 4.26. The summed E-state index contributed by atoms with van der Waals surface area (Å²) >= 11 is 6.47. The Hall–Kier alpha value is -0.760. The predicted octanol–water partition coefficient (Wildman–Crippen LogP) is 3.05. The highest BCUT2D eigenvalue weighted by molar-refractivity contribution is 9.11. The largest absolute Gasteiger partial charge is 0.319 e. The van der Waals surface area contributed by atoms with Crippen LogP contribution in [0, 0.1) is 0 Å². The average molecular weight is 356 g/mol. The molecule has 0 aliphatic carbocycles. The van der Waals surface area contributed by atoms with E-state index in [1.54, 1.807) is 6.07 Å². The molecule has 0 saturated heterocycles. The van der Waals surface area contributed by atoms with Crippen molar-refractivity contribution in [3.63, 3.8) is 0 Å². The number of halogens is 4. The van der Waals surface area contributed by atoms with Crippen molar-refractivity contribution in [2.24, 2.45) is 0 Å². The predicted molar refractivity (Wildman–Crippen MR) is 60.2 cm³/mol. The Balaban J connectivity index is 2.27. The second kappa shape index (κ2) is 4.62. The standard InChI is InChI=1S/C8H6Br2F2N4/c9-5-3-6(10)16(14-5)4-7-13-1-2-15(7)8(11)12/h1-3,8H,4H2. The van der Waals surface area contributed by atoms with Crippen molar-refractivity contribution < 1.29 is 8.78 Å². The molecule has 0 aliphatic rings. The Morgan fingerprint density at radius 2 is 2.12 bits per heavy atom. The van der Waals surface area contributed by atoms with E-state index in [0.29, 0.717) is 9.21 Å². The topological polar surface area (TPSA) is 35.6 Å². The zero-order valence-corrected chi connectivity index (χ0v) is 11.0. The number of aromatic nitrogens is 4. The minimum atomic E-state index is -2.59. The summed E-state index contributed by atoms with van der Waals surface area (Å²) in [6.45, 7) is -2.40. The maximum atomic E-state index is 12.5. The Morgan fingerprint density at radius 3 is 2.69 bits per heavy atom. The SMILES string of the molecule is FC(F)n1ccnc1Cn1nc(Br)cc1Br. The van der Waals surface area contributed by atoms with Gasteiger partial charge in [0.15, 0.2) is 0 Å². The van der Waals surface area contributed by atoms with Gasteiger partial charge in [-0.05, 0) is 31.9 Å². The van der Waals surface area contributed by atoms with Gasteiger partial charge in [-0.25, -0.2) is 9.67 Å². The van der Waals surface area contributed by atoms with Gasteiger partial charge in [-0.3, -0.25) is 4.57 Å². The van der Waals surface area contributed by atoms with Crippen molar-refractivity contribution in [1.82, 2.24) is 19.3 Å². The van der Waals surface area contributed by atoms with Crippen LogP contribution >= 0.6 is 31.9 Å². The molecule has 0 aromatic carbocycles. The Bertz CT molecular complexity index is 494. The third-order valence-corrected chi connectivity index (χ3v) is 2.98. The second-order valence-electron chi connectivity index (χ2n) is 2.98. The highest BCUT2D eigenvalue weighted by Crippen LogP contribution is 2.19. The maximum Gasteiger partial charge on any atom is 0.319 e. The molecule has 2 heterocycles. The van der Waals surface area contributed by atoms with Crippen molar-refractivity contribution in [2.45, 2.75) is 13.1 Å². The van der Waals surface area contributed by atoms with Gasteiger partial charge in [0.1, 0.15) is 21.6 Å². The molecule has 16 heavy (non-hydrogen) atoms. The second-order valence-corrected chi connectivity index (χ2v) is 4.60. The number of alkyl halides is 2. The van der Waals surface area contributed by atoms with Crippen molar-refractivity contribution in [3.8, 4) is 0 Å². The summed E-state index contributed by atoms with van der Waals surface area (Å²) in [5.41, 5.74) is 0. The van der Waals surface area contributed by atoms with Crippen LogP contribution in [0.4, 0.5) is 8.78 Å². The molecule has 0 aliphatic heterocycles. The molecule has 0 N–H and O–H groups in total. The van der Waals surface area contributed by atoms with Gasteiger partial charge in [0.2, 0.25) is 0 Å². The summed E-state index contributed by atoms with van der Waals surface area (Å²) in [7, 11) is 0. The fourth-order valence-corrected chi connectivity index (χ4v) is 2.39. The van der Waals surface area contributed by atoms with Gasteiger partial charge in [-0.1, -0.05) is 0 Å². The smallest absolute Gasteiger partial charge is 0.276 e. The number of nitrogens with zero attached hydrogens (tertiary/aromatic N) is 4. The van der Waals surface area contributed by atoms with Gasteiger partial charge < -0.3 is 0 Å². The van der Waals surface area contributed by atoms with Crippen LogP contribution < -0.4 is 0 Å². The van der Waals surface area contributed by atoms with Crippen LogP contribution in [0.15, 0.2) is 27.7 Å².